The minimum absolute atomic E-state index is 0.155. The van der Waals surface area contributed by atoms with Crippen LogP contribution in [0.4, 0.5) is 5.69 Å². The minimum Gasteiger partial charge on any atom is -0.495 e. The molecule has 8 heteroatoms. The lowest BCUT2D eigenvalue weighted by molar-refractivity contribution is -0.113. The lowest BCUT2D eigenvalue weighted by atomic mass is 10.1. The van der Waals surface area contributed by atoms with E-state index in [1.54, 1.807) is 31.6 Å². The highest BCUT2D eigenvalue weighted by molar-refractivity contribution is 7.99. The zero-order valence-electron chi connectivity index (χ0n) is 18.1. The van der Waals surface area contributed by atoms with Crippen LogP contribution in [0.3, 0.4) is 0 Å². The topological polar surface area (TPSA) is 81.9 Å². The van der Waals surface area contributed by atoms with Crippen LogP contribution in [-0.2, 0) is 4.79 Å². The summed E-state index contributed by atoms with van der Waals surface area (Å²) in [5.41, 5.74) is 4.70. The van der Waals surface area contributed by atoms with E-state index in [4.69, 9.17) is 4.74 Å². The summed E-state index contributed by atoms with van der Waals surface area (Å²) in [6.45, 7) is 4.11. The molecule has 2 aromatic carbocycles. The number of para-hydroxylation sites is 2. The van der Waals surface area contributed by atoms with Gasteiger partial charge in [0.2, 0.25) is 5.91 Å². The van der Waals surface area contributed by atoms with Crippen LogP contribution in [0.1, 0.15) is 11.1 Å². The van der Waals surface area contributed by atoms with Crippen molar-refractivity contribution in [3.8, 4) is 22.8 Å². The molecule has 0 spiro atoms. The predicted molar refractivity (Wildman–Crippen MR) is 126 cm³/mol. The normalized spacial score (nSPS) is 10.7. The zero-order valence-corrected chi connectivity index (χ0v) is 18.9. The number of nitrogens with one attached hydrogen (secondary N) is 1. The van der Waals surface area contributed by atoms with E-state index in [-0.39, 0.29) is 11.7 Å². The fourth-order valence-electron chi connectivity index (χ4n) is 3.42. The van der Waals surface area contributed by atoms with Crippen LogP contribution >= 0.6 is 11.8 Å². The summed E-state index contributed by atoms with van der Waals surface area (Å²) in [6, 6.07) is 17.4. The molecule has 0 unspecified atom stereocenters. The van der Waals surface area contributed by atoms with Crippen molar-refractivity contribution in [3.05, 3.63) is 78.1 Å². The molecule has 0 saturated carbocycles. The Bertz CT molecular complexity index is 1220. The van der Waals surface area contributed by atoms with Gasteiger partial charge in [-0.3, -0.25) is 14.3 Å². The van der Waals surface area contributed by atoms with Gasteiger partial charge in [-0.05, 0) is 61.4 Å². The Morgan fingerprint density at radius 1 is 1.06 bits per heavy atom. The number of nitrogens with zero attached hydrogens (tertiary/aromatic N) is 4. The van der Waals surface area contributed by atoms with Gasteiger partial charge in [0, 0.05) is 18.0 Å². The maximum Gasteiger partial charge on any atom is 0.234 e. The molecule has 0 aliphatic heterocycles. The summed E-state index contributed by atoms with van der Waals surface area (Å²) < 4.78 is 7.28. The number of amides is 1. The van der Waals surface area contributed by atoms with E-state index < -0.39 is 0 Å². The van der Waals surface area contributed by atoms with Gasteiger partial charge in [-0.1, -0.05) is 30.0 Å². The van der Waals surface area contributed by atoms with Crippen molar-refractivity contribution in [2.45, 2.75) is 19.0 Å². The number of hydrogen-bond donors (Lipinski definition) is 1. The molecule has 32 heavy (non-hydrogen) atoms. The quantitative estimate of drug-likeness (QED) is 0.416. The number of aryl methyl sites for hydroxylation is 2. The zero-order chi connectivity index (χ0) is 22.5. The molecule has 0 bridgehead atoms. The summed E-state index contributed by atoms with van der Waals surface area (Å²) in [5.74, 6) is 1.31. The van der Waals surface area contributed by atoms with E-state index in [2.05, 4.69) is 52.5 Å². The Morgan fingerprint density at radius 2 is 1.84 bits per heavy atom. The van der Waals surface area contributed by atoms with Crippen LogP contribution in [-0.4, -0.2) is 38.5 Å². The van der Waals surface area contributed by atoms with Crippen molar-refractivity contribution in [3.63, 3.8) is 0 Å². The van der Waals surface area contributed by atoms with Gasteiger partial charge in [0.25, 0.3) is 0 Å². The SMILES string of the molecule is COc1ccccc1NC(=O)CSc1nnc(-c2cccnc2)n1-c1cc(C)cc(C)c1. The fourth-order valence-corrected chi connectivity index (χ4v) is 4.17. The van der Waals surface area contributed by atoms with Gasteiger partial charge in [-0.2, -0.15) is 0 Å². The Kier molecular flexibility index (Phi) is 6.51. The average molecular weight is 446 g/mol. The number of aromatic nitrogens is 4. The molecule has 4 aromatic rings. The number of hydrogen-bond acceptors (Lipinski definition) is 6. The van der Waals surface area contributed by atoms with Crippen LogP contribution < -0.4 is 10.1 Å². The maximum absolute atomic E-state index is 12.6. The second-order valence-corrected chi connectivity index (χ2v) is 8.21. The van der Waals surface area contributed by atoms with Gasteiger partial charge in [-0.25, -0.2) is 0 Å². The highest BCUT2D eigenvalue weighted by Crippen LogP contribution is 2.29. The molecule has 2 aromatic heterocycles. The maximum atomic E-state index is 12.6. The molecular weight excluding hydrogens is 422 g/mol. The summed E-state index contributed by atoms with van der Waals surface area (Å²) in [5, 5.41) is 12.3. The van der Waals surface area contributed by atoms with Crippen molar-refractivity contribution in [2.75, 3.05) is 18.2 Å². The number of carbonyl (C=O) groups is 1. The Morgan fingerprint density at radius 3 is 2.56 bits per heavy atom. The third kappa shape index (κ3) is 4.81. The number of anilines is 1. The van der Waals surface area contributed by atoms with Crippen LogP contribution in [0, 0.1) is 13.8 Å². The molecule has 0 atom stereocenters. The molecule has 1 N–H and O–H groups in total. The van der Waals surface area contributed by atoms with Gasteiger partial charge < -0.3 is 10.1 Å². The molecule has 0 aliphatic carbocycles. The minimum atomic E-state index is -0.155. The van der Waals surface area contributed by atoms with Crippen molar-refractivity contribution in [2.24, 2.45) is 0 Å². The number of carbonyl (C=O) groups excluding carboxylic acids is 1. The van der Waals surface area contributed by atoms with E-state index in [0.717, 1.165) is 22.4 Å². The Hall–Kier alpha value is -3.65. The smallest absolute Gasteiger partial charge is 0.234 e. The fraction of sp³-hybridized carbons (Fsp3) is 0.167. The van der Waals surface area contributed by atoms with Crippen molar-refractivity contribution < 1.29 is 9.53 Å². The first-order valence-corrected chi connectivity index (χ1v) is 11.0. The number of methoxy groups -OCH3 is 1. The van der Waals surface area contributed by atoms with Crippen LogP contribution in [0.25, 0.3) is 17.1 Å². The van der Waals surface area contributed by atoms with Crippen LogP contribution in [0.2, 0.25) is 0 Å². The highest BCUT2D eigenvalue weighted by Gasteiger charge is 2.18. The lowest BCUT2D eigenvalue weighted by Crippen LogP contribution is -2.15. The standard InChI is InChI=1S/C24H23N5O2S/c1-16-11-17(2)13-19(12-16)29-23(18-7-6-10-25-14-18)27-28-24(29)32-15-22(30)26-20-8-4-5-9-21(20)31-3/h4-14H,15H2,1-3H3,(H,26,30). The molecule has 0 fully saturated rings. The lowest BCUT2D eigenvalue weighted by Gasteiger charge is -2.12. The first kappa shape index (κ1) is 21.6. The van der Waals surface area contributed by atoms with E-state index in [0.29, 0.717) is 22.4 Å². The molecule has 162 valence electrons. The molecule has 0 saturated heterocycles. The van der Waals surface area contributed by atoms with Gasteiger partial charge in [0.15, 0.2) is 11.0 Å². The average Bonchev–Trinajstić information content (AvgIpc) is 3.22. The monoisotopic (exact) mass is 445 g/mol. The second-order valence-electron chi connectivity index (χ2n) is 7.27. The van der Waals surface area contributed by atoms with E-state index >= 15 is 0 Å². The van der Waals surface area contributed by atoms with Crippen molar-refractivity contribution in [1.82, 2.24) is 19.7 Å². The number of rotatable bonds is 7. The van der Waals surface area contributed by atoms with E-state index in [1.165, 1.54) is 11.8 Å². The number of ether oxygens (including phenoxy) is 1. The molecule has 2 heterocycles. The van der Waals surface area contributed by atoms with E-state index in [9.17, 15) is 4.79 Å². The van der Waals surface area contributed by atoms with Crippen molar-refractivity contribution in [1.29, 1.82) is 0 Å². The number of pyridine rings is 1. The van der Waals surface area contributed by atoms with Crippen LogP contribution in [0.5, 0.6) is 5.75 Å². The number of thioether (sulfide) groups is 1. The Balaban J connectivity index is 1.62. The first-order valence-electron chi connectivity index (χ1n) is 10.1. The summed E-state index contributed by atoms with van der Waals surface area (Å²) in [4.78, 5) is 16.8. The first-order chi connectivity index (χ1) is 15.5. The number of benzene rings is 2. The van der Waals surface area contributed by atoms with Gasteiger partial charge >= 0.3 is 0 Å². The largest absolute Gasteiger partial charge is 0.495 e. The molecule has 0 radical (unpaired) electrons. The molecule has 1 amide bonds. The summed E-state index contributed by atoms with van der Waals surface area (Å²) >= 11 is 1.33. The highest BCUT2D eigenvalue weighted by atomic mass is 32.2. The second kappa shape index (κ2) is 9.65. The molecule has 4 rings (SSSR count). The molecule has 7 nitrogen and oxygen atoms in total. The predicted octanol–water partition coefficient (Wildman–Crippen LogP) is 4.69. The van der Waals surface area contributed by atoms with Crippen molar-refractivity contribution >= 4 is 23.4 Å². The van der Waals surface area contributed by atoms with E-state index in [1.807, 2.05) is 28.8 Å². The van der Waals surface area contributed by atoms with Gasteiger partial charge in [0.05, 0.1) is 24.2 Å². The van der Waals surface area contributed by atoms with Gasteiger partial charge in [0.1, 0.15) is 5.75 Å². The third-order valence-electron chi connectivity index (χ3n) is 4.73. The van der Waals surface area contributed by atoms with Gasteiger partial charge in [-0.15, -0.1) is 10.2 Å². The molecule has 0 aliphatic rings. The van der Waals surface area contributed by atoms with Crippen LogP contribution in [0.15, 0.2) is 72.1 Å². The molecular formula is C24H23N5O2S. The Labute approximate surface area is 190 Å². The summed E-state index contributed by atoms with van der Waals surface area (Å²) in [6.07, 6.45) is 3.48. The third-order valence-corrected chi connectivity index (χ3v) is 5.66. The summed E-state index contributed by atoms with van der Waals surface area (Å²) in [7, 11) is 1.58.